The Morgan fingerprint density at radius 1 is 0.895 bits per heavy atom. The highest BCUT2D eigenvalue weighted by molar-refractivity contribution is 9.09. The summed E-state index contributed by atoms with van der Waals surface area (Å²) in [5.41, 5.74) is 2.90. The van der Waals surface area contributed by atoms with Gasteiger partial charge in [0.1, 0.15) is 0 Å². The first-order valence-corrected chi connectivity index (χ1v) is 8.84. The molecule has 1 aromatic carbocycles. The number of hydrogen-bond acceptors (Lipinski definition) is 0. The Kier molecular flexibility index (Phi) is 8.45. The fourth-order valence-corrected chi connectivity index (χ4v) is 2.99. The third-order valence-corrected chi connectivity index (χ3v) is 5.03. The van der Waals surface area contributed by atoms with E-state index < -0.39 is 0 Å². The van der Waals surface area contributed by atoms with E-state index in [1.165, 1.54) is 56.1 Å². The van der Waals surface area contributed by atoms with Crippen LogP contribution in [-0.2, 0) is 0 Å². The van der Waals surface area contributed by atoms with Crippen molar-refractivity contribution in [3.8, 4) is 0 Å². The lowest BCUT2D eigenvalue weighted by Gasteiger charge is -2.13. The first kappa shape index (κ1) is 16.8. The normalized spacial score (nSPS) is 14.3. The molecule has 0 amide bonds. The standard InChI is InChI=1S/C18H29Br/c1-4-6-7-8-9-10-18(19)17-13-11-16(12-14-17)15(3)5-2/h11-15,18H,4-10H2,1-3H3. The number of benzene rings is 1. The first-order chi connectivity index (χ1) is 9.19. The van der Waals surface area contributed by atoms with Crippen LogP contribution in [-0.4, -0.2) is 0 Å². The highest BCUT2D eigenvalue weighted by atomic mass is 79.9. The van der Waals surface area contributed by atoms with E-state index in [4.69, 9.17) is 0 Å². The maximum absolute atomic E-state index is 3.83. The van der Waals surface area contributed by atoms with Gasteiger partial charge in [-0.1, -0.05) is 93.1 Å². The van der Waals surface area contributed by atoms with Gasteiger partial charge in [-0.3, -0.25) is 0 Å². The number of unbranched alkanes of at least 4 members (excludes halogenated alkanes) is 4. The number of halogens is 1. The lowest BCUT2D eigenvalue weighted by atomic mass is 9.96. The van der Waals surface area contributed by atoms with Gasteiger partial charge in [-0.2, -0.15) is 0 Å². The third kappa shape index (κ3) is 6.12. The van der Waals surface area contributed by atoms with E-state index in [0.29, 0.717) is 10.7 Å². The Labute approximate surface area is 128 Å². The predicted octanol–water partition coefficient (Wildman–Crippen LogP) is 7.00. The summed E-state index contributed by atoms with van der Waals surface area (Å²) in [6.07, 6.45) is 9.29. The van der Waals surface area contributed by atoms with Crippen LogP contribution in [0.15, 0.2) is 24.3 Å². The van der Waals surface area contributed by atoms with Gasteiger partial charge < -0.3 is 0 Å². The van der Waals surface area contributed by atoms with Crippen molar-refractivity contribution in [1.82, 2.24) is 0 Å². The van der Waals surface area contributed by atoms with Crippen molar-refractivity contribution in [2.75, 3.05) is 0 Å². The van der Waals surface area contributed by atoms with Crippen molar-refractivity contribution in [1.29, 1.82) is 0 Å². The Balaban J connectivity index is 2.38. The van der Waals surface area contributed by atoms with Crippen LogP contribution in [0.3, 0.4) is 0 Å². The minimum Gasteiger partial charge on any atom is -0.0839 e. The summed E-state index contributed by atoms with van der Waals surface area (Å²) in [7, 11) is 0. The molecule has 1 rings (SSSR count). The van der Waals surface area contributed by atoms with Crippen molar-refractivity contribution in [2.24, 2.45) is 0 Å². The third-order valence-electron chi connectivity index (χ3n) is 4.04. The van der Waals surface area contributed by atoms with Crippen LogP contribution in [0.25, 0.3) is 0 Å². The predicted molar refractivity (Wildman–Crippen MR) is 90.2 cm³/mol. The lowest BCUT2D eigenvalue weighted by Crippen LogP contribution is -1.94. The number of rotatable bonds is 9. The van der Waals surface area contributed by atoms with Crippen molar-refractivity contribution >= 4 is 15.9 Å². The van der Waals surface area contributed by atoms with E-state index in [0.717, 1.165) is 0 Å². The topological polar surface area (TPSA) is 0 Å². The average molecular weight is 325 g/mol. The molecule has 19 heavy (non-hydrogen) atoms. The molecular formula is C18H29Br. The molecule has 0 fully saturated rings. The second kappa shape index (κ2) is 9.58. The molecule has 0 aliphatic heterocycles. The quantitative estimate of drug-likeness (QED) is 0.339. The zero-order valence-electron chi connectivity index (χ0n) is 12.8. The van der Waals surface area contributed by atoms with Crippen LogP contribution in [0, 0.1) is 0 Å². The van der Waals surface area contributed by atoms with Gasteiger partial charge in [-0.25, -0.2) is 0 Å². The minimum atomic E-state index is 0.528. The zero-order chi connectivity index (χ0) is 14.1. The molecular weight excluding hydrogens is 296 g/mol. The summed E-state index contributed by atoms with van der Waals surface area (Å²) in [6.45, 7) is 6.82. The molecule has 0 aliphatic carbocycles. The van der Waals surface area contributed by atoms with E-state index in [1.54, 1.807) is 0 Å². The van der Waals surface area contributed by atoms with Crippen LogP contribution >= 0.6 is 15.9 Å². The fourth-order valence-electron chi connectivity index (χ4n) is 2.36. The second-order valence-corrected chi connectivity index (χ2v) is 6.75. The van der Waals surface area contributed by atoms with Gasteiger partial charge in [0.15, 0.2) is 0 Å². The van der Waals surface area contributed by atoms with Gasteiger partial charge >= 0.3 is 0 Å². The molecule has 0 saturated heterocycles. The molecule has 1 heteroatoms. The molecule has 0 bridgehead atoms. The van der Waals surface area contributed by atoms with Crippen molar-refractivity contribution < 1.29 is 0 Å². The monoisotopic (exact) mass is 324 g/mol. The highest BCUT2D eigenvalue weighted by Gasteiger charge is 2.08. The van der Waals surface area contributed by atoms with Gasteiger partial charge in [-0.05, 0) is 29.9 Å². The average Bonchev–Trinajstić information content (AvgIpc) is 2.46. The van der Waals surface area contributed by atoms with Crippen LogP contribution in [0.4, 0.5) is 0 Å². The molecule has 0 radical (unpaired) electrons. The van der Waals surface area contributed by atoms with Crippen LogP contribution in [0.2, 0.25) is 0 Å². The fraction of sp³-hybridized carbons (Fsp3) is 0.667. The number of alkyl halides is 1. The van der Waals surface area contributed by atoms with Gasteiger partial charge in [0.25, 0.3) is 0 Å². The lowest BCUT2D eigenvalue weighted by molar-refractivity contribution is 0.606. The maximum Gasteiger partial charge on any atom is 0.0395 e. The van der Waals surface area contributed by atoms with Crippen LogP contribution in [0.5, 0.6) is 0 Å². The summed E-state index contributed by atoms with van der Waals surface area (Å²) in [6, 6.07) is 9.20. The Bertz CT molecular complexity index is 328. The molecule has 2 unspecified atom stereocenters. The maximum atomic E-state index is 3.83. The van der Waals surface area contributed by atoms with E-state index in [2.05, 4.69) is 61.0 Å². The molecule has 0 heterocycles. The summed E-state index contributed by atoms with van der Waals surface area (Å²) in [4.78, 5) is 0.528. The van der Waals surface area contributed by atoms with Gasteiger partial charge in [0.05, 0.1) is 0 Å². The van der Waals surface area contributed by atoms with Crippen molar-refractivity contribution in [3.05, 3.63) is 35.4 Å². The Morgan fingerprint density at radius 3 is 2.05 bits per heavy atom. The Hall–Kier alpha value is -0.300. The minimum absolute atomic E-state index is 0.528. The van der Waals surface area contributed by atoms with Gasteiger partial charge in [0.2, 0.25) is 0 Å². The highest BCUT2D eigenvalue weighted by Crippen LogP contribution is 2.30. The molecule has 108 valence electrons. The van der Waals surface area contributed by atoms with E-state index >= 15 is 0 Å². The number of hydrogen-bond donors (Lipinski definition) is 0. The molecule has 0 aliphatic rings. The first-order valence-electron chi connectivity index (χ1n) is 7.92. The molecule has 1 aromatic rings. The SMILES string of the molecule is CCCCCCCC(Br)c1ccc(C(C)CC)cc1. The zero-order valence-corrected chi connectivity index (χ0v) is 14.4. The van der Waals surface area contributed by atoms with E-state index in [-0.39, 0.29) is 0 Å². The van der Waals surface area contributed by atoms with E-state index in [1.807, 2.05) is 0 Å². The second-order valence-electron chi connectivity index (χ2n) is 5.65. The summed E-state index contributed by atoms with van der Waals surface area (Å²) >= 11 is 3.83. The van der Waals surface area contributed by atoms with Crippen molar-refractivity contribution in [3.63, 3.8) is 0 Å². The molecule has 2 atom stereocenters. The smallest absolute Gasteiger partial charge is 0.0395 e. The van der Waals surface area contributed by atoms with Gasteiger partial charge in [0, 0.05) is 4.83 Å². The molecule has 0 aromatic heterocycles. The van der Waals surface area contributed by atoms with E-state index in [9.17, 15) is 0 Å². The molecule has 0 nitrogen and oxygen atoms in total. The molecule has 0 N–H and O–H groups in total. The molecule has 0 spiro atoms. The van der Waals surface area contributed by atoms with Crippen LogP contribution in [0.1, 0.15) is 87.6 Å². The summed E-state index contributed by atoms with van der Waals surface area (Å²) in [5.74, 6) is 0.678. The summed E-state index contributed by atoms with van der Waals surface area (Å²) < 4.78 is 0. The molecule has 0 saturated carbocycles. The Morgan fingerprint density at radius 2 is 1.47 bits per heavy atom. The van der Waals surface area contributed by atoms with Gasteiger partial charge in [-0.15, -0.1) is 0 Å². The van der Waals surface area contributed by atoms with Crippen LogP contribution < -0.4 is 0 Å². The van der Waals surface area contributed by atoms with Crippen molar-refractivity contribution in [2.45, 2.75) is 76.5 Å². The summed E-state index contributed by atoms with van der Waals surface area (Å²) in [5, 5.41) is 0. The largest absolute Gasteiger partial charge is 0.0839 e.